The van der Waals surface area contributed by atoms with Gasteiger partial charge in [0.2, 0.25) is 5.91 Å². The highest BCUT2D eigenvalue weighted by molar-refractivity contribution is 5.91. The molecule has 4 nitrogen and oxygen atoms in total. The molecule has 0 unspecified atom stereocenters. The maximum absolute atomic E-state index is 10.6. The second-order valence-electron chi connectivity index (χ2n) is 4.26. The van der Waals surface area contributed by atoms with Gasteiger partial charge in [-0.05, 0) is 18.9 Å². The lowest BCUT2D eigenvalue weighted by molar-refractivity contribution is -0.136. The van der Waals surface area contributed by atoms with Crippen LogP contribution in [0.25, 0.3) is 6.08 Å². The largest absolute Gasteiger partial charge is 0.466 e. The van der Waals surface area contributed by atoms with Crippen LogP contribution in [0.1, 0.15) is 18.9 Å². The Morgan fingerprint density at radius 2 is 1.81 bits per heavy atom. The fourth-order valence-corrected chi connectivity index (χ4v) is 1.18. The van der Waals surface area contributed by atoms with Gasteiger partial charge in [-0.1, -0.05) is 55.6 Å². The second-order valence-corrected chi connectivity index (χ2v) is 4.26. The van der Waals surface area contributed by atoms with Crippen molar-refractivity contribution in [2.75, 3.05) is 7.11 Å². The number of allylic oxidation sites excluding steroid dienone is 1. The number of hydrogen-bond donors (Lipinski definition) is 1. The van der Waals surface area contributed by atoms with Gasteiger partial charge in [0.1, 0.15) is 0 Å². The van der Waals surface area contributed by atoms with Gasteiger partial charge in [-0.25, -0.2) is 4.79 Å². The van der Waals surface area contributed by atoms with Crippen LogP contribution in [0.15, 0.2) is 60.7 Å². The number of carbonyl (C=O) groups is 2. The van der Waals surface area contributed by atoms with Crippen LogP contribution in [-0.4, -0.2) is 19.0 Å². The van der Waals surface area contributed by atoms with Crippen molar-refractivity contribution >= 4 is 18.0 Å². The summed E-state index contributed by atoms with van der Waals surface area (Å²) in [6.07, 6.45) is 4.32. The van der Waals surface area contributed by atoms with Gasteiger partial charge < -0.3 is 10.5 Å². The Balaban J connectivity index is 0.000000486. The molecule has 21 heavy (non-hydrogen) atoms. The molecule has 0 aliphatic heterocycles. The molecular formula is C17H21NO3. The fourth-order valence-electron chi connectivity index (χ4n) is 1.18. The highest BCUT2D eigenvalue weighted by Crippen LogP contribution is 2.04. The first kappa shape index (κ1) is 18.4. The summed E-state index contributed by atoms with van der Waals surface area (Å²) in [5.74, 6) is -0.789. The van der Waals surface area contributed by atoms with Crippen molar-refractivity contribution < 1.29 is 14.3 Å². The highest BCUT2D eigenvalue weighted by Gasteiger charge is 1.97. The topological polar surface area (TPSA) is 69.4 Å². The lowest BCUT2D eigenvalue weighted by atomic mass is 10.1. The zero-order valence-electron chi connectivity index (χ0n) is 12.5. The molecule has 0 radical (unpaired) electrons. The molecule has 4 heteroatoms. The number of hydrogen-bond acceptors (Lipinski definition) is 3. The third kappa shape index (κ3) is 8.99. The van der Waals surface area contributed by atoms with Crippen LogP contribution in [0.5, 0.6) is 0 Å². The summed E-state index contributed by atoms with van der Waals surface area (Å²) in [5, 5.41) is 0. The van der Waals surface area contributed by atoms with Crippen molar-refractivity contribution in [2.24, 2.45) is 5.73 Å². The van der Waals surface area contributed by atoms with Gasteiger partial charge in [-0.15, -0.1) is 0 Å². The lowest BCUT2D eigenvalue weighted by Gasteiger charge is -1.94. The van der Waals surface area contributed by atoms with Gasteiger partial charge in [-0.3, -0.25) is 4.79 Å². The number of amides is 1. The summed E-state index contributed by atoms with van der Waals surface area (Å²) >= 11 is 0. The van der Waals surface area contributed by atoms with Crippen molar-refractivity contribution in [2.45, 2.75) is 13.3 Å². The van der Waals surface area contributed by atoms with Gasteiger partial charge in [0.15, 0.2) is 0 Å². The van der Waals surface area contributed by atoms with E-state index in [9.17, 15) is 9.59 Å². The molecule has 2 N–H and O–H groups in total. The first-order valence-corrected chi connectivity index (χ1v) is 6.31. The van der Waals surface area contributed by atoms with Crippen molar-refractivity contribution in [1.82, 2.24) is 0 Å². The molecule has 0 heterocycles. The molecule has 0 saturated heterocycles. The van der Waals surface area contributed by atoms with E-state index < -0.39 is 5.91 Å². The summed E-state index contributed by atoms with van der Waals surface area (Å²) in [6, 6.07) is 9.86. The van der Waals surface area contributed by atoms with Crippen molar-refractivity contribution in [3.05, 3.63) is 66.3 Å². The number of rotatable bonds is 5. The van der Waals surface area contributed by atoms with E-state index in [0.29, 0.717) is 17.6 Å². The highest BCUT2D eigenvalue weighted by atomic mass is 16.5. The first-order chi connectivity index (χ1) is 9.88. The number of nitrogens with two attached hydrogens (primary N) is 1. The number of methoxy groups -OCH3 is 1. The summed E-state index contributed by atoms with van der Waals surface area (Å²) in [5.41, 5.74) is 7.01. The van der Waals surface area contributed by atoms with E-state index >= 15 is 0 Å². The minimum atomic E-state index is -0.442. The van der Waals surface area contributed by atoms with E-state index in [2.05, 4.69) is 17.9 Å². The number of benzene rings is 1. The lowest BCUT2D eigenvalue weighted by Crippen LogP contribution is -2.12. The van der Waals surface area contributed by atoms with Crippen LogP contribution in [0.4, 0.5) is 0 Å². The molecule has 112 valence electrons. The average Bonchev–Trinajstić information content (AvgIpc) is 2.47. The van der Waals surface area contributed by atoms with E-state index in [1.54, 1.807) is 6.92 Å². The number of carbonyl (C=O) groups excluding carboxylic acids is 2. The van der Waals surface area contributed by atoms with Gasteiger partial charge in [0, 0.05) is 11.1 Å². The number of primary amides is 1. The van der Waals surface area contributed by atoms with E-state index in [0.717, 1.165) is 5.56 Å². The molecule has 0 aliphatic rings. The van der Waals surface area contributed by atoms with Crippen molar-refractivity contribution in [3.8, 4) is 0 Å². The molecule has 0 saturated carbocycles. The minimum Gasteiger partial charge on any atom is -0.466 e. The predicted molar refractivity (Wildman–Crippen MR) is 85.3 cm³/mol. The fraction of sp³-hybridized carbons (Fsp3) is 0.176. The van der Waals surface area contributed by atoms with Crippen LogP contribution in [-0.2, 0) is 14.3 Å². The van der Waals surface area contributed by atoms with Gasteiger partial charge >= 0.3 is 5.97 Å². The molecule has 0 fully saturated rings. The van der Waals surface area contributed by atoms with E-state index in [-0.39, 0.29) is 5.97 Å². The third-order valence-electron chi connectivity index (χ3n) is 2.36. The minimum absolute atomic E-state index is 0.347. The monoisotopic (exact) mass is 287 g/mol. The molecule has 0 bridgehead atoms. The quantitative estimate of drug-likeness (QED) is 0.668. The Labute approximate surface area is 125 Å². The smallest absolute Gasteiger partial charge is 0.332 e. The van der Waals surface area contributed by atoms with Crippen molar-refractivity contribution in [1.29, 1.82) is 0 Å². The Bertz CT molecular complexity index is 530. The zero-order valence-corrected chi connectivity index (χ0v) is 12.5. The summed E-state index contributed by atoms with van der Waals surface area (Å²) in [4.78, 5) is 20.8. The SMILES string of the molecule is C=C(C)C(=O)OC.C=C(CC=Cc1ccccc1)C(N)=O. The first-order valence-electron chi connectivity index (χ1n) is 6.31. The number of ether oxygens (including phenoxy) is 1. The number of esters is 1. The molecule has 1 aromatic carbocycles. The molecule has 1 aromatic rings. The summed E-state index contributed by atoms with van der Waals surface area (Å²) in [7, 11) is 1.33. The van der Waals surface area contributed by atoms with Gasteiger partial charge in [-0.2, -0.15) is 0 Å². The van der Waals surface area contributed by atoms with Crippen LogP contribution in [0, 0.1) is 0 Å². The molecule has 0 aliphatic carbocycles. The standard InChI is InChI=1S/C12H13NO.C5H8O2/c1-10(12(13)14)6-5-9-11-7-3-2-4-8-11;1-4(2)5(6)7-3/h2-5,7-9H,1,6H2,(H2,13,14);1H2,2-3H3. The molecular weight excluding hydrogens is 266 g/mol. The van der Waals surface area contributed by atoms with E-state index in [1.165, 1.54) is 7.11 Å². The molecule has 0 spiro atoms. The maximum atomic E-state index is 10.6. The third-order valence-corrected chi connectivity index (χ3v) is 2.36. The van der Waals surface area contributed by atoms with Crippen LogP contribution in [0.2, 0.25) is 0 Å². The average molecular weight is 287 g/mol. The van der Waals surface area contributed by atoms with Gasteiger partial charge in [0.05, 0.1) is 7.11 Å². The molecule has 0 aromatic heterocycles. The zero-order chi connectivity index (χ0) is 16.3. The predicted octanol–water partition coefficient (Wildman–Crippen LogP) is 2.87. The Morgan fingerprint density at radius 1 is 1.24 bits per heavy atom. The molecule has 1 rings (SSSR count). The Hall–Kier alpha value is -2.62. The Kier molecular flexibility index (Phi) is 8.93. The normalized spacial score (nSPS) is 9.43. The second kappa shape index (κ2) is 10.2. The van der Waals surface area contributed by atoms with Crippen molar-refractivity contribution in [3.63, 3.8) is 0 Å². The Morgan fingerprint density at radius 3 is 2.19 bits per heavy atom. The van der Waals surface area contributed by atoms with Crippen LogP contribution >= 0.6 is 0 Å². The molecule has 0 atom stereocenters. The van der Waals surface area contributed by atoms with E-state index in [1.807, 2.05) is 42.5 Å². The van der Waals surface area contributed by atoms with Crippen LogP contribution in [0.3, 0.4) is 0 Å². The summed E-state index contributed by atoms with van der Waals surface area (Å²) < 4.78 is 4.27. The van der Waals surface area contributed by atoms with Gasteiger partial charge in [0.25, 0.3) is 0 Å². The maximum Gasteiger partial charge on any atom is 0.332 e. The molecule has 1 amide bonds. The van der Waals surface area contributed by atoms with E-state index in [4.69, 9.17) is 5.73 Å². The van der Waals surface area contributed by atoms with Crippen LogP contribution < -0.4 is 5.73 Å². The summed E-state index contributed by atoms with van der Waals surface area (Å²) in [6.45, 7) is 8.51.